The summed E-state index contributed by atoms with van der Waals surface area (Å²) in [6.45, 7) is 0. The van der Waals surface area contributed by atoms with Crippen LogP contribution in [0.5, 0.6) is 0 Å². The van der Waals surface area contributed by atoms with Crippen LogP contribution in [0.1, 0.15) is 0 Å². The minimum absolute atomic E-state index is 0.0206. The van der Waals surface area contributed by atoms with E-state index in [2.05, 4.69) is 0 Å². The van der Waals surface area contributed by atoms with E-state index in [0.717, 1.165) is 0 Å². The van der Waals surface area contributed by atoms with Crippen molar-refractivity contribution in [2.45, 2.75) is 0 Å². The first-order valence-corrected chi connectivity index (χ1v) is 4.94. The normalized spacial score (nSPS) is 10.1. The molecule has 0 bridgehead atoms. The molecule has 0 amide bonds. The molecule has 0 N–H and O–H groups in total. The van der Waals surface area contributed by atoms with Gasteiger partial charge in [0, 0.05) is 23.6 Å². The number of non-ortho nitro benzene ring substituents is 1. The summed E-state index contributed by atoms with van der Waals surface area (Å²) in [5.41, 5.74) is 0.317. The molecule has 0 saturated heterocycles. The zero-order chi connectivity index (χ0) is 10.8. The molecule has 0 radical (unpaired) electrons. The van der Waals surface area contributed by atoms with Crippen LogP contribution in [0.15, 0.2) is 40.5 Å². The SMILES string of the molecule is O=c1ccsn1-c1cccc([N+](=O)[O-])c1. The largest absolute Gasteiger partial charge is 0.271 e. The molecule has 76 valence electrons. The van der Waals surface area contributed by atoms with Gasteiger partial charge >= 0.3 is 0 Å². The molecule has 15 heavy (non-hydrogen) atoms. The zero-order valence-electron chi connectivity index (χ0n) is 7.49. The van der Waals surface area contributed by atoms with E-state index >= 15 is 0 Å². The summed E-state index contributed by atoms with van der Waals surface area (Å²) in [4.78, 5) is 21.3. The summed E-state index contributed by atoms with van der Waals surface area (Å²) in [7, 11) is 0. The highest BCUT2D eigenvalue weighted by Gasteiger charge is 2.07. The average Bonchev–Trinajstić information content (AvgIpc) is 2.64. The van der Waals surface area contributed by atoms with Gasteiger partial charge in [0.25, 0.3) is 11.2 Å². The highest BCUT2D eigenvalue weighted by Crippen LogP contribution is 2.16. The van der Waals surface area contributed by atoms with Crippen LogP contribution in [-0.2, 0) is 0 Å². The Morgan fingerprint density at radius 2 is 2.13 bits per heavy atom. The molecule has 1 heterocycles. The Bertz CT molecular complexity index is 558. The maximum absolute atomic E-state index is 11.3. The van der Waals surface area contributed by atoms with E-state index in [9.17, 15) is 14.9 Å². The van der Waals surface area contributed by atoms with E-state index < -0.39 is 4.92 Å². The fourth-order valence-corrected chi connectivity index (χ4v) is 1.89. The van der Waals surface area contributed by atoms with Gasteiger partial charge < -0.3 is 0 Å². The third-order valence-electron chi connectivity index (χ3n) is 1.85. The highest BCUT2D eigenvalue weighted by molar-refractivity contribution is 7.04. The van der Waals surface area contributed by atoms with Crippen molar-refractivity contribution in [2.24, 2.45) is 0 Å². The quantitative estimate of drug-likeness (QED) is 0.575. The Morgan fingerprint density at radius 1 is 1.33 bits per heavy atom. The lowest BCUT2D eigenvalue weighted by Gasteiger charge is -1.99. The van der Waals surface area contributed by atoms with Crippen molar-refractivity contribution >= 4 is 17.2 Å². The van der Waals surface area contributed by atoms with Crippen LogP contribution in [0.2, 0.25) is 0 Å². The Kier molecular flexibility index (Phi) is 2.34. The number of hydrogen-bond donors (Lipinski definition) is 0. The van der Waals surface area contributed by atoms with Gasteiger partial charge in [0.1, 0.15) is 0 Å². The van der Waals surface area contributed by atoms with Crippen molar-refractivity contribution in [2.75, 3.05) is 0 Å². The lowest BCUT2D eigenvalue weighted by atomic mass is 10.3. The van der Waals surface area contributed by atoms with Crippen LogP contribution < -0.4 is 5.56 Å². The van der Waals surface area contributed by atoms with Gasteiger partial charge in [-0.3, -0.25) is 14.9 Å². The van der Waals surface area contributed by atoms with E-state index in [1.54, 1.807) is 17.5 Å². The molecular weight excluding hydrogens is 216 g/mol. The van der Waals surface area contributed by atoms with Crippen LogP contribution in [0.25, 0.3) is 5.69 Å². The number of hydrogen-bond acceptors (Lipinski definition) is 4. The van der Waals surface area contributed by atoms with Crippen LogP contribution in [0, 0.1) is 10.1 Å². The Balaban J connectivity index is 2.55. The molecule has 0 saturated carbocycles. The zero-order valence-corrected chi connectivity index (χ0v) is 8.31. The molecule has 1 aromatic carbocycles. The highest BCUT2D eigenvalue weighted by atomic mass is 32.1. The van der Waals surface area contributed by atoms with Gasteiger partial charge in [-0.05, 0) is 6.07 Å². The Labute approximate surface area is 88.5 Å². The molecule has 0 aliphatic heterocycles. The molecule has 1 aromatic heterocycles. The smallest absolute Gasteiger partial charge is 0.268 e. The number of nitro benzene ring substituents is 1. The van der Waals surface area contributed by atoms with Crippen LogP contribution in [0.3, 0.4) is 0 Å². The third-order valence-corrected chi connectivity index (χ3v) is 2.71. The second-order valence-corrected chi connectivity index (χ2v) is 3.67. The van der Waals surface area contributed by atoms with Crippen molar-refractivity contribution < 1.29 is 4.92 Å². The van der Waals surface area contributed by atoms with Gasteiger partial charge in [-0.2, -0.15) is 0 Å². The molecule has 0 aliphatic carbocycles. The van der Waals surface area contributed by atoms with Gasteiger partial charge in [0.05, 0.1) is 10.6 Å². The van der Waals surface area contributed by atoms with E-state index in [4.69, 9.17) is 0 Å². The lowest BCUT2D eigenvalue weighted by Crippen LogP contribution is -2.09. The average molecular weight is 222 g/mol. The van der Waals surface area contributed by atoms with Gasteiger partial charge in [-0.15, -0.1) is 0 Å². The molecule has 6 heteroatoms. The fraction of sp³-hybridized carbons (Fsp3) is 0. The van der Waals surface area contributed by atoms with Crippen molar-refractivity contribution in [3.8, 4) is 5.69 Å². The second kappa shape index (κ2) is 3.66. The first kappa shape index (κ1) is 9.60. The summed E-state index contributed by atoms with van der Waals surface area (Å²) >= 11 is 1.20. The van der Waals surface area contributed by atoms with Crippen LogP contribution in [0.4, 0.5) is 5.69 Å². The first-order valence-electron chi connectivity index (χ1n) is 4.10. The maximum Gasteiger partial charge on any atom is 0.271 e. The monoisotopic (exact) mass is 222 g/mol. The van der Waals surface area contributed by atoms with Gasteiger partial charge in [-0.25, -0.2) is 3.96 Å². The predicted molar refractivity (Wildman–Crippen MR) is 56.6 cm³/mol. The Hall–Kier alpha value is -1.95. The van der Waals surface area contributed by atoms with Gasteiger partial charge in [0.2, 0.25) is 0 Å². The summed E-state index contributed by atoms with van der Waals surface area (Å²) < 4.78 is 1.40. The maximum atomic E-state index is 11.3. The fourth-order valence-electron chi connectivity index (χ4n) is 1.19. The molecule has 2 rings (SSSR count). The summed E-state index contributed by atoms with van der Waals surface area (Å²) in [5.74, 6) is 0. The van der Waals surface area contributed by atoms with Crippen molar-refractivity contribution in [3.05, 3.63) is 56.2 Å². The van der Waals surface area contributed by atoms with Crippen molar-refractivity contribution in [3.63, 3.8) is 0 Å². The topological polar surface area (TPSA) is 65.1 Å². The molecule has 2 aromatic rings. The number of nitrogens with zero attached hydrogens (tertiary/aromatic N) is 2. The van der Waals surface area contributed by atoms with Crippen molar-refractivity contribution in [1.82, 2.24) is 3.96 Å². The molecule has 0 atom stereocenters. The summed E-state index contributed by atoms with van der Waals surface area (Å²) in [5, 5.41) is 12.2. The summed E-state index contributed by atoms with van der Waals surface area (Å²) in [6.07, 6.45) is 0. The standard InChI is InChI=1S/C9H6N2O3S/c12-9-4-5-15-10(9)7-2-1-3-8(6-7)11(13)14/h1-6H. The van der Waals surface area contributed by atoms with E-state index in [1.165, 1.54) is 33.7 Å². The summed E-state index contributed by atoms with van der Waals surface area (Å²) in [6, 6.07) is 7.40. The second-order valence-electron chi connectivity index (χ2n) is 2.82. The van der Waals surface area contributed by atoms with E-state index in [1.807, 2.05) is 0 Å². The van der Waals surface area contributed by atoms with Gasteiger partial charge in [-0.1, -0.05) is 17.6 Å². The predicted octanol–water partition coefficient (Wildman–Crippen LogP) is 1.81. The molecule has 0 spiro atoms. The Morgan fingerprint density at radius 3 is 2.73 bits per heavy atom. The number of nitro groups is 1. The van der Waals surface area contributed by atoms with Gasteiger partial charge in [0.15, 0.2) is 0 Å². The van der Waals surface area contributed by atoms with Crippen LogP contribution in [-0.4, -0.2) is 8.88 Å². The molecule has 5 nitrogen and oxygen atoms in total. The minimum Gasteiger partial charge on any atom is -0.268 e. The molecule has 0 unspecified atom stereocenters. The molecule has 0 fully saturated rings. The number of rotatable bonds is 2. The molecule has 0 aliphatic rings. The minimum atomic E-state index is -0.484. The third kappa shape index (κ3) is 1.79. The first-order chi connectivity index (χ1) is 7.18. The number of benzene rings is 1. The van der Waals surface area contributed by atoms with E-state index in [-0.39, 0.29) is 11.2 Å². The van der Waals surface area contributed by atoms with E-state index in [0.29, 0.717) is 5.69 Å². The number of aromatic nitrogens is 1. The molecular formula is C9H6N2O3S. The lowest BCUT2D eigenvalue weighted by molar-refractivity contribution is -0.384. The van der Waals surface area contributed by atoms with Crippen molar-refractivity contribution in [1.29, 1.82) is 0 Å². The van der Waals surface area contributed by atoms with Crippen LogP contribution >= 0.6 is 11.5 Å².